The van der Waals surface area contributed by atoms with Gasteiger partial charge in [0.05, 0.1) is 6.10 Å². The molecule has 2 N–H and O–H groups in total. The van der Waals surface area contributed by atoms with E-state index in [0.29, 0.717) is 13.1 Å². The number of ether oxygens (including phenoxy) is 2. The number of pyridine rings is 1. The number of hydrogen-bond acceptors (Lipinski definition) is 6. The van der Waals surface area contributed by atoms with Gasteiger partial charge in [0.25, 0.3) is 0 Å². The van der Waals surface area contributed by atoms with E-state index in [-0.39, 0.29) is 19.1 Å². The maximum absolute atomic E-state index is 12.2. The lowest BCUT2D eigenvalue weighted by molar-refractivity contribution is -0.139. The summed E-state index contributed by atoms with van der Waals surface area (Å²) in [5.41, 5.74) is 4.67. The summed E-state index contributed by atoms with van der Waals surface area (Å²) in [6.45, 7) is 4.13. The number of benzene rings is 1. The van der Waals surface area contributed by atoms with E-state index in [2.05, 4.69) is 22.3 Å². The molecule has 1 aromatic carbocycles. The molecule has 202 valence electrons. The number of aromatic nitrogens is 1. The van der Waals surface area contributed by atoms with Crippen molar-refractivity contribution < 1.29 is 24.2 Å². The van der Waals surface area contributed by atoms with Crippen LogP contribution in [0.1, 0.15) is 61.5 Å². The Morgan fingerprint density at radius 3 is 2.62 bits per heavy atom. The predicted octanol–water partition coefficient (Wildman–Crippen LogP) is 4.39. The van der Waals surface area contributed by atoms with E-state index in [1.807, 2.05) is 37.3 Å². The molecule has 37 heavy (non-hydrogen) atoms. The zero-order chi connectivity index (χ0) is 26.5. The third-order valence-electron chi connectivity index (χ3n) is 6.85. The quantitative estimate of drug-likeness (QED) is 0.342. The minimum absolute atomic E-state index is 0.0226. The number of aliphatic carboxylic acids is 1. The lowest BCUT2D eigenvalue weighted by Gasteiger charge is -2.26. The van der Waals surface area contributed by atoms with E-state index in [4.69, 9.17) is 14.5 Å². The molecule has 2 aromatic rings. The van der Waals surface area contributed by atoms with E-state index >= 15 is 0 Å². The number of aryl methyl sites for hydroxylation is 3. The first-order chi connectivity index (χ1) is 17.9. The van der Waals surface area contributed by atoms with Crippen LogP contribution in [0.15, 0.2) is 42.5 Å². The number of methoxy groups -OCH3 is 1. The molecule has 0 radical (unpaired) electrons. The predicted molar refractivity (Wildman–Crippen MR) is 143 cm³/mol. The molecule has 8 heteroatoms. The molecule has 1 aliphatic carbocycles. The molecule has 1 aliphatic rings. The average molecular weight is 512 g/mol. The summed E-state index contributed by atoms with van der Waals surface area (Å²) in [6.07, 6.45) is 7.21. The highest BCUT2D eigenvalue weighted by molar-refractivity contribution is 5.79. The monoisotopic (exact) mass is 511 g/mol. The molecule has 2 atom stereocenters. The summed E-state index contributed by atoms with van der Waals surface area (Å²) in [5, 5.41) is 12.1. The zero-order valence-electron chi connectivity index (χ0n) is 22.2. The number of carbonyl (C=O) groups excluding carboxylic acids is 1. The van der Waals surface area contributed by atoms with Crippen molar-refractivity contribution in [1.82, 2.24) is 15.2 Å². The summed E-state index contributed by atoms with van der Waals surface area (Å²) in [6, 6.07) is 12.7. The molecule has 1 amide bonds. The molecule has 1 aromatic heterocycles. The molecular weight excluding hydrogens is 470 g/mol. The Hall–Kier alpha value is -2.97. The van der Waals surface area contributed by atoms with Crippen molar-refractivity contribution in [2.75, 3.05) is 26.7 Å². The molecule has 0 saturated carbocycles. The van der Waals surface area contributed by atoms with Gasteiger partial charge >= 0.3 is 12.1 Å². The van der Waals surface area contributed by atoms with Gasteiger partial charge in [0.1, 0.15) is 12.6 Å². The fraction of sp³-hybridized carbons (Fsp3) is 0.552. The third-order valence-corrected chi connectivity index (χ3v) is 6.85. The zero-order valence-corrected chi connectivity index (χ0v) is 22.2. The Morgan fingerprint density at radius 2 is 1.86 bits per heavy atom. The van der Waals surface area contributed by atoms with E-state index < -0.39 is 18.1 Å². The minimum Gasteiger partial charge on any atom is -0.480 e. The van der Waals surface area contributed by atoms with E-state index in [0.717, 1.165) is 49.9 Å². The highest BCUT2D eigenvalue weighted by Gasteiger charge is 2.22. The molecule has 0 saturated heterocycles. The van der Waals surface area contributed by atoms with Crippen LogP contribution < -0.4 is 5.32 Å². The number of unbranched alkanes of at least 4 members (excludes halogenated alkanes) is 1. The largest absolute Gasteiger partial charge is 0.480 e. The normalized spacial score (nSPS) is 14.6. The second kappa shape index (κ2) is 15.3. The number of carbonyl (C=O) groups is 2. The molecular formula is C29H41N3O5. The number of carboxylic acid groups (broad SMARTS) is 1. The highest BCUT2D eigenvalue weighted by atomic mass is 16.5. The Balaban J connectivity index is 1.45. The maximum Gasteiger partial charge on any atom is 0.408 e. The van der Waals surface area contributed by atoms with Gasteiger partial charge in [-0.1, -0.05) is 36.4 Å². The van der Waals surface area contributed by atoms with Gasteiger partial charge in [0, 0.05) is 31.6 Å². The van der Waals surface area contributed by atoms with Gasteiger partial charge in [-0.15, -0.1) is 0 Å². The number of alkyl carbamates (subject to hydrolysis) is 1. The van der Waals surface area contributed by atoms with Crippen LogP contribution in [0.4, 0.5) is 4.79 Å². The summed E-state index contributed by atoms with van der Waals surface area (Å²) >= 11 is 0. The minimum atomic E-state index is -1.07. The molecule has 0 aliphatic heterocycles. The second-order valence-corrected chi connectivity index (χ2v) is 9.81. The molecule has 0 unspecified atom stereocenters. The first kappa shape index (κ1) is 28.6. The topological polar surface area (TPSA) is 101 Å². The van der Waals surface area contributed by atoms with Gasteiger partial charge in [-0.25, -0.2) is 9.59 Å². The lowest BCUT2D eigenvalue weighted by atomic mass is 9.95. The lowest BCUT2D eigenvalue weighted by Crippen LogP contribution is -2.44. The molecule has 3 rings (SSSR count). The van der Waals surface area contributed by atoms with Crippen molar-refractivity contribution in [3.05, 3.63) is 65.0 Å². The van der Waals surface area contributed by atoms with Crippen LogP contribution in [0.5, 0.6) is 0 Å². The van der Waals surface area contributed by atoms with Crippen LogP contribution in [-0.2, 0) is 40.1 Å². The van der Waals surface area contributed by atoms with Crippen molar-refractivity contribution in [3.63, 3.8) is 0 Å². The molecule has 0 bridgehead atoms. The molecule has 0 fully saturated rings. The number of hydrogen-bond donors (Lipinski definition) is 2. The average Bonchev–Trinajstić information content (AvgIpc) is 2.92. The Bertz CT molecular complexity index is 985. The summed E-state index contributed by atoms with van der Waals surface area (Å²) < 4.78 is 10.6. The van der Waals surface area contributed by atoms with Crippen LogP contribution in [0.2, 0.25) is 0 Å². The number of carboxylic acids is 1. The van der Waals surface area contributed by atoms with Gasteiger partial charge in [0.15, 0.2) is 0 Å². The Kier molecular flexibility index (Phi) is 11.8. The van der Waals surface area contributed by atoms with Crippen LogP contribution in [-0.4, -0.2) is 65.9 Å². The van der Waals surface area contributed by atoms with Crippen molar-refractivity contribution >= 4 is 12.1 Å². The second-order valence-electron chi connectivity index (χ2n) is 9.81. The van der Waals surface area contributed by atoms with Crippen molar-refractivity contribution in [3.8, 4) is 0 Å². The van der Waals surface area contributed by atoms with Gasteiger partial charge < -0.3 is 24.8 Å². The van der Waals surface area contributed by atoms with Crippen molar-refractivity contribution in [2.45, 2.75) is 77.0 Å². The fourth-order valence-corrected chi connectivity index (χ4v) is 4.62. The fourth-order valence-electron chi connectivity index (χ4n) is 4.62. The smallest absolute Gasteiger partial charge is 0.408 e. The van der Waals surface area contributed by atoms with Gasteiger partial charge in [-0.3, -0.25) is 4.98 Å². The Labute approximate surface area is 220 Å². The molecule has 8 nitrogen and oxygen atoms in total. The molecule has 1 heterocycles. The third kappa shape index (κ3) is 10.1. The van der Waals surface area contributed by atoms with E-state index in [1.54, 1.807) is 7.11 Å². The van der Waals surface area contributed by atoms with Crippen molar-refractivity contribution in [2.24, 2.45) is 0 Å². The number of fused-ring (bicyclic) bond motifs is 1. The summed E-state index contributed by atoms with van der Waals surface area (Å²) in [7, 11) is 1.68. The van der Waals surface area contributed by atoms with E-state index in [9.17, 15) is 14.7 Å². The standard InChI is InChI=1S/C29H41N3O5/c1-22(36-2)20-32(18-9-8-13-25-16-15-24-12-6-7-14-26(24)30-25)19-17-27(28(33)34)31-29(35)37-21-23-10-4-3-5-11-23/h3-5,10-11,15-16,22,27H,6-9,12-14,17-21H2,1-2H3,(H,31,35)(H,33,34)/t22-,27+/m1/s1. The van der Waals surface area contributed by atoms with Gasteiger partial charge in [-0.2, -0.15) is 0 Å². The summed E-state index contributed by atoms with van der Waals surface area (Å²) in [4.78, 5) is 31.1. The van der Waals surface area contributed by atoms with Gasteiger partial charge in [0.2, 0.25) is 0 Å². The first-order valence-electron chi connectivity index (χ1n) is 13.4. The number of nitrogens with zero attached hydrogens (tertiary/aromatic N) is 2. The van der Waals surface area contributed by atoms with Crippen LogP contribution >= 0.6 is 0 Å². The van der Waals surface area contributed by atoms with Crippen LogP contribution in [0.3, 0.4) is 0 Å². The van der Waals surface area contributed by atoms with Crippen LogP contribution in [0.25, 0.3) is 0 Å². The SMILES string of the molecule is CO[C@H](C)CN(CCCCc1ccc2c(n1)CCCC2)CC[C@H](NC(=O)OCc1ccccc1)C(=O)O. The molecule has 0 spiro atoms. The Morgan fingerprint density at radius 1 is 1.08 bits per heavy atom. The van der Waals surface area contributed by atoms with Crippen LogP contribution in [0, 0.1) is 0 Å². The maximum atomic E-state index is 12.2. The van der Waals surface area contributed by atoms with Crippen molar-refractivity contribution in [1.29, 1.82) is 0 Å². The van der Waals surface area contributed by atoms with Gasteiger partial charge in [-0.05, 0) is 82.0 Å². The summed E-state index contributed by atoms with van der Waals surface area (Å²) in [5.74, 6) is -1.07. The first-order valence-corrected chi connectivity index (χ1v) is 13.4. The highest BCUT2D eigenvalue weighted by Crippen LogP contribution is 2.20. The number of rotatable bonds is 15. The number of nitrogens with one attached hydrogen (secondary N) is 1. The number of amides is 1. The van der Waals surface area contributed by atoms with E-state index in [1.165, 1.54) is 24.1 Å².